The van der Waals surface area contributed by atoms with Gasteiger partial charge in [0.05, 0.1) is 0 Å². The maximum Gasteiger partial charge on any atom is 0.243 e. The van der Waals surface area contributed by atoms with Gasteiger partial charge < -0.3 is 5.32 Å². The highest BCUT2D eigenvalue weighted by molar-refractivity contribution is 7.99. The predicted octanol–water partition coefficient (Wildman–Crippen LogP) is 1.58. The van der Waals surface area contributed by atoms with E-state index >= 15 is 0 Å². The monoisotopic (exact) mass is 318 g/mol. The first-order chi connectivity index (χ1) is 9.53. The van der Waals surface area contributed by atoms with Crippen LogP contribution in [0.2, 0.25) is 0 Å². The Morgan fingerprint density at radius 3 is 2.85 bits per heavy atom. The van der Waals surface area contributed by atoms with Crippen molar-refractivity contribution in [3.05, 3.63) is 29.6 Å². The first-order valence-electron chi connectivity index (χ1n) is 6.53. The Kier molecular flexibility index (Phi) is 5.42. The summed E-state index contributed by atoms with van der Waals surface area (Å²) in [6.07, 6.45) is 1.01. The summed E-state index contributed by atoms with van der Waals surface area (Å²) in [7, 11) is -2.01. The second-order valence-electron chi connectivity index (χ2n) is 4.88. The molecule has 1 atom stereocenters. The van der Waals surface area contributed by atoms with Crippen LogP contribution >= 0.6 is 11.8 Å². The summed E-state index contributed by atoms with van der Waals surface area (Å²) < 4.78 is 40.6. The lowest BCUT2D eigenvalue weighted by Gasteiger charge is -2.12. The minimum absolute atomic E-state index is 0.275. The third-order valence-electron chi connectivity index (χ3n) is 3.25. The number of halogens is 1. The van der Waals surface area contributed by atoms with Crippen LogP contribution in [0.25, 0.3) is 0 Å². The predicted molar refractivity (Wildman–Crippen MR) is 79.8 cm³/mol. The standard InChI is InChI=1S/C13H19FN2O2S2/c1-15-7-10-2-3-13(12(14)6-10)20(17,18)16-8-11-4-5-19-9-11/h2-3,6,11,15-16H,4-5,7-9H2,1H3. The average Bonchev–Trinajstić information content (AvgIpc) is 2.90. The Morgan fingerprint density at radius 2 is 2.25 bits per heavy atom. The quantitative estimate of drug-likeness (QED) is 0.836. The van der Waals surface area contributed by atoms with Gasteiger partial charge >= 0.3 is 0 Å². The van der Waals surface area contributed by atoms with Crippen LogP contribution in [0.3, 0.4) is 0 Å². The Labute approximate surface area is 123 Å². The zero-order valence-electron chi connectivity index (χ0n) is 11.4. The number of benzene rings is 1. The Bertz CT molecular complexity index is 557. The van der Waals surface area contributed by atoms with Crippen molar-refractivity contribution >= 4 is 21.8 Å². The molecule has 0 spiro atoms. The van der Waals surface area contributed by atoms with E-state index in [1.165, 1.54) is 12.1 Å². The van der Waals surface area contributed by atoms with Gasteiger partial charge in [-0.05, 0) is 48.6 Å². The van der Waals surface area contributed by atoms with E-state index < -0.39 is 15.8 Å². The second kappa shape index (κ2) is 6.89. The molecule has 2 N–H and O–H groups in total. The molecule has 1 aromatic carbocycles. The Morgan fingerprint density at radius 1 is 1.45 bits per heavy atom. The van der Waals surface area contributed by atoms with Gasteiger partial charge in [-0.15, -0.1) is 0 Å². The molecule has 112 valence electrons. The van der Waals surface area contributed by atoms with Gasteiger partial charge in [0.15, 0.2) is 0 Å². The molecule has 0 aromatic heterocycles. The van der Waals surface area contributed by atoms with Gasteiger partial charge in [0.25, 0.3) is 0 Å². The Hall–Kier alpha value is -0.630. The first kappa shape index (κ1) is 15.8. The fraction of sp³-hybridized carbons (Fsp3) is 0.538. The maximum atomic E-state index is 13.9. The van der Waals surface area contributed by atoms with Crippen LogP contribution in [-0.4, -0.2) is 33.5 Å². The van der Waals surface area contributed by atoms with Crippen molar-refractivity contribution in [2.45, 2.75) is 17.9 Å². The van der Waals surface area contributed by atoms with Crippen LogP contribution in [0.1, 0.15) is 12.0 Å². The van der Waals surface area contributed by atoms with E-state index in [2.05, 4.69) is 10.0 Å². The third kappa shape index (κ3) is 3.94. The number of hydrogen-bond donors (Lipinski definition) is 2. The molecule has 1 saturated heterocycles. The number of thioether (sulfide) groups is 1. The highest BCUT2D eigenvalue weighted by Gasteiger charge is 2.22. The molecule has 1 unspecified atom stereocenters. The summed E-state index contributed by atoms with van der Waals surface area (Å²) in [6, 6.07) is 4.21. The van der Waals surface area contributed by atoms with E-state index in [4.69, 9.17) is 0 Å². The lowest BCUT2D eigenvalue weighted by Crippen LogP contribution is -2.30. The van der Waals surface area contributed by atoms with Crippen molar-refractivity contribution in [1.29, 1.82) is 0 Å². The molecular weight excluding hydrogens is 299 g/mol. The number of nitrogens with one attached hydrogen (secondary N) is 2. The molecule has 4 nitrogen and oxygen atoms in total. The van der Waals surface area contributed by atoms with E-state index in [1.807, 2.05) is 11.8 Å². The molecule has 0 radical (unpaired) electrons. The van der Waals surface area contributed by atoms with E-state index in [9.17, 15) is 12.8 Å². The zero-order chi connectivity index (χ0) is 14.6. The SMILES string of the molecule is CNCc1ccc(S(=O)(=O)NCC2CCSC2)c(F)c1. The minimum Gasteiger partial charge on any atom is -0.316 e. The minimum atomic E-state index is -3.76. The number of rotatable bonds is 6. The van der Waals surface area contributed by atoms with Crippen molar-refractivity contribution in [3.8, 4) is 0 Å². The van der Waals surface area contributed by atoms with Gasteiger partial charge in [0, 0.05) is 13.1 Å². The highest BCUT2D eigenvalue weighted by atomic mass is 32.2. The van der Waals surface area contributed by atoms with Crippen LogP contribution in [0, 0.1) is 11.7 Å². The second-order valence-corrected chi connectivity index (χ2v) is 7.76. The molecule has 0 amide bonds. The van der Waals surface area contributed by atoms with Crippen molar-refractivity contribution in [2.75, 3.05) is 25.1 Å². The smallest absolute Gasteiger partial charge is 0.243 e. The number of hydrogen-bond acceptors (Lipinski definition) is 4. The van der Waals surface area contributed by atoms with Crippen molar-refractivity contribution in [1.82, 2.24) is 10.0 Å². The molecule has 1 fully saturated rings. The highest BCUT2D eigenvalue weighted by Crippen LogP contribution is 2.23. The van der Waals surface area contributed by atoms with Crippen LogP contribution in [0.4, 0.5) is 4.39 Å². The van der Waals surface area contributed by atoms with Crippen LogP contribution in [-0.2, 0) is 16.6 Å². The zero-order valence-corrected chi connectivity index (χ0v) is 13.0. The Balaban J connectivity index is 2.08. The summed E-state index contributed by atoms with van der Waals surface area (Å²) in [6.45, 7) is 0.886. The summed E-state index contributed by atoms with van der Waals surface area (Å²) in [4.78, 5) is -0.275. The van der Waals surface area contributed by atoms with Gasteiger partial charge in [0.1, 0.15) is 10.7 Å². The van der Waals surface area contributed by atoms with Gasteiger partial charge in [-0.2, -0.15) is 11.8 Å². The summed E-state index contributed by atoms with van der Waals surface area (Å²) in [5.74, 6) is 1.68. The van der Waals surface area contributed by atoms with Gasteiger partial charge in [0.2, 0.25) is 10.0 Å². The summed E-state index contributed by atoms with van der Waals surface area (Å²) in [5, 5.41) is 2.90. The molecule has 0 aliphatic carbocycles. The van der Waals surface area contributed by atoms with Crippen LogP contribution in [0.5, 0.6) is 0 Å². The fourth-order valence-electron chi connectivity index (χ4n) is 2.13. The molecule has 1 heterocycles. The van der Waals surface area contributed by atoms with E-state index in [1.54, 1.807) is 13.1 Å². The molecular formula is C13H19FN2O2S2. The molecule has 1 aromatic rings. The average molecular weight is 318 g/mol. The lowest BCUT2D eigenvalue weighted by atomic mass is 10.1. The van der Waals surface area contributed by atoms with Crippen LogP contribution < -0.4 is 10.0 Å². The summed E-state index contributed by atoms with van der Waals surface area (Å²) >= 11 is 1.82. The topological polar surface area (TPSA) is 58.2 Å². The maximum absolute atomic E-state index is 13.9. The van der Waals surface area contributed by atoms with Crippen molar-refractivity contribution in [3.63, 3.8) is 0 Å². The molecule has 0 saturated carbocycles. The largest absolute Gasteiger partial charge is 0.316 e. The van der Waals surface area contributed by atoms with Gasteiger partial charge in [-0.25, -0.2) is 17.5 Å². The molecule has 1 aliphatic heterocycles. The van der Waals surface area contributed by atoms with E-state index in [0.717, 1.165) is 23.5 Å². The third-order valence-corrected chi connectivity index (χ3v) is 5.94. The lowest BCUT2D eigenvalue weighted by molar-refractivity contribution is 0.533. The summed E-state index contributed by atoms with van der Waals surface area (Å²) in [5.41, 5.74) is 0.719. The molecule has 0 bridgehead atoms. The number of sulfonamides is 1. The van der Waals surface area contributed by atoms with E-state index in [0.29, 0.717) is 19.0 Å². The van der Waals surface area contributed by atoms with Crippen molar-refractivity contribution in [2.24, 2.45) is 5.92 Å². The molecule has 2 rings (SSSR count). The normalized spacial score (nSPS) is 19.4. The fourth-order valence-corrected chi connectivity index (χ4v) is 4.58. The molecule has 7 heteroatoms. The van der Waals surface area contributed by atoms with E-state index in [-0.39, 0.29) is 4.90 Å². The molecule has 1 aliphatic rings. The van der Waals surface area contributed by atoms with Crippen LogP contribution in [0.15, 0.2) is 23.1 Å². The van der Waals surface area contributed by atoms with Gasteiger partial charge in [-0.3, -0.25) is 0 Å². The molecule has 20 heavy (non-hydrogen) atoms. The van der Waals surface area contributed by atoms with Gasteiger partial charge in [-0.1, -0.05) is 6.07 Å². The van der Waals surface area contributed by atoms with Crippen molar-refractivity contribution < 1.29 is 12.8 Å². The first-order valence-corrected chi connectivity index (χ1v) is 9.17.